The molecule has 0 atom stereocenters. The van der Waals surface area contributed by atoms with E-state index in [9.17, 15) is 4.79 Å². The minimum atomic E-state index is -0.595. The lowest BCUT2D eigenvalue weighted by atomic mass is 10.2. The van der Waals surface area contributed by atoms with Gasteiger partial charge in [-0.3, -0.25) is 10.00 Å². The van der Waals surface area contributed by atoms with Gasteiger partial charge in [-0.2, -0.15) is 10.6 Å². The summed E-state index contributed by atoms with van der Waals surface area (Å²) >= 11 is 3.53. The lowest BCUT2D eigenvalue weighted by Gasteiger charge is -2.13. The third kappa shape index (κ3) is 6.33. The summed E-state index contributed by atoms with van der Waals surface area (Å²) in [7, 11) is 0. The van der Waals surface area contributed by atoms with Gasteiger partial charge in [-0.05, 0) is 37.1 Å². The van der Waals surface area contributed by atoms with Gasteiger partial charge in [0.25, 0.3) is 0 Å². The molecule has 0 bridgehead atoms. The van der Waals surface area contributed by atoms with Crippen LogP contribution in [-0.4, -0.2) is 22.4 Å². The number of aryl methyl sites for hydroxylation is 1. The SMILES string of the molecule is CCCNOC(=O)Nc1cc(C)n(Cc2cc(Br)ccc2OCc2ccccc2)n1. The van der Waals surface area contributed by atoms with Crippen molar-refractivity contribution in [1.29, 1.82) is 0 Å². The van der Waals surface area contributed by atoms with Crippen molar-refractivity contribution >= 4 is 27.8 Å². The van der Waals surface area contributed by atoms with Crippen LogP contribution in [-0.2, 0) is 18.0 Å². The first-order chi connectivity index (χ1) is 14.5. The minimum absolute atomic E-state index is 0.428. The summed E-state index contributed by atoms with van der Waals surface area (Å²) in [4.78, 5) is 16.7. The summed E-state index contributed by atoms with van der Waals surface area (Å²) in [5, 5.41) is 7.09. The third-order valence-corrected chi connectivity index (χ3v) is 4.80. The van der Waals surface area contributed by atoms with E-state index in [2.05, 4.69) is 31.8 Å². The second kappa shape index (κ2) is 10.8. The quantitative estimate of drug-likeness (QED) is 0.336. The van der Waals surface area contributed by atoms with Crippen molar-refractivity contribution in [2.45, 2.75) is 33.4 Å². The molecule has 0 aliphatic heterocycles. The van der Waals surface area contributed by atoms with Gasteiger partial charge in [0, 0.05) is 28.3 Å². The molecule has 2 aromatic carbocycles. The largest absolute Gasteiger partial charge is 0.489 e. The predicted octanol–water partition coefficient (Wildman–Crippen LogP) is 5.04. The van der Waals surface area contributed by atoms with Crippen LogP contribution in [0.1, 0.15) is 30.2 Å². The Balaban J connectivity index is 1.69. The Bertz CT molecular complexity index is 976. The van der Waals surface area contributed by atoms with Gasteiger partial charge >= 0.3 is 6.09 Å². The Kier molecular flexibility index (Phi) is 7.87. The highest BCUT2D eigenvalue weighted by molar-refractivity contribution is 9.10. The van der Waals surface area contributed by atoms with E-state index in [4.69, 9.17) is 9.57 Å². The van der Waals surface area contributed by atoms with Gasteiger partial charge in [-0.15, -0.1) is 0 Å². The topological polar surface area (TPSA) is 77.4 Å². The number of benzene rings is 2. The van der Waals surface area contributed by atoms with Crippen LogP contribution in [0, 0.1) is 6.92 Å². The van der Waals surface area contributed by atoms with E-state index in [0.29, 0.717) is 25.5 Å². The Hall–Kier alpha value is -2.84. The average molecular weight is 473 g/mol. The highest BCUT2D eigenvalue weighted by Crippen LogP contribution is 2.26. The summed E-state index contributed by atoms with van der Waals surface area (Å²) in [6, 6.07) is 17.7. The van der Waals surface area contributed by atoms with Gasteiger partial charge in [0.2, 0.25) is 0 Å². The minimum Gasteiger partial charge on any atom is -0.489 e. The van der Waals surface area contributed by atoms with E-state index in [-0.39, 0.29) is 0 Å². The van der Waals surface area contributed by atoms with Gasteiger partial charge in [-0.25, -0.2) is 4.79 Å². The van der Waals surface area contributed by atoms with Crippen LogP contribution in [0.25, 0.3) is 0 Å². The summed E-state index contributed by atoms with van der Waals surface area (Å²) in [6.45, 7) is 5.49. The fraction of sp³-hybridized carbons (Fsp3) is 0.273. The van der Waals surface area contributed by atoms with Crippen molar-refractivity contribution in [3.63, 3.8) is 0 Å². The number of carbonyl (C=O) groups excluding carboxylic acids is 1. The van der Waals surface area contributed by atoms with Gasteiger partial charge in [0.05, 0.1) is 6.54 Å². The fourth-order valence-corrected chi connectivity index (χ4v) is 3.20. The molecule has 30 heavy (non-hydrogen) atoms. The lowest BCUT2D eigenvalue weighted by Crippen LogP contribution is -2.24. The molecule has 158 valence electrons. The van der Waals surface area contributed by atoms with Crippen LogP contribution < -0.4 is 15.5 Å². The van der Waals surface area contributed by atoms with Gasteiger partial charge < -0.3 is 9.57 Å². The molecule has 7 nitrogen and oxygen atoms in total. The number of carbonyl (C=O) groups is 1. The van der Waals surface area contributed by atoms with Crippen molar-refractivity contribution in [3.05, 3.63) is 75.9 Å². The fourth-order valence-electron chi connectivity index (χ4n) is 2.79. The average Bonchev–Trinajstić information content (AvgIpc) is 3.07. The molecule has 0 radical (unpaired) electrons. The Morgan fingerprint density at radius 3 is 2.73 bits per heavy atom. The van der Waals surface area contributed by atoms with Crippen molar-refractivity contribution in [2.75, 3.05) is 11.9 Å². The Labute approximate surface area is 184 Å². The molecule has 8 heteroatoms. The number of rotatable bonds is 9. The molecule has 0 spiro atoms. The van der Waals surface area contributed by atoms with Crippen LogP contribution in [0.5, 0.6) is 5.75 Å². The van der Waals surface area contributed by atoms with Crippen LogP contribution in [0.15, 0.2) is 59.1 Å². The van der Waals surface area contributed by atoms with Crippen LogP contribution in [0.3, 0.4) is 0 Å². The normalized spacial score (nSPS) is 10.6. The highest BCUT2D eigenvalue weighted by Gasteiger charge is 2.12. The van der Waals surface area contributed by atoms with E-state index in [1.165, 1.54) is 0 Å². The van der Waals surface area contributed by atoms with Gasteiger partial charge in [0.1, 0.15) is 12.4 Å². The second-order valence-corrected chi connectivity index (χ2v) is 7.68. The number of anilines is 1. The molecule has 0 unspecified atom stereocenters. The summed E-state index contributed by atoms with van der Waals surface area (Å²) in [5.41, 5.74) is 5.57. The number of nitrogens with zero attached hydrogens (tertiary/aromatic N) is 2. The van der Waals surface area contributed by atoms with Crippen molar-refractivity contribution in [2.24, 2.45) is 0 Å². The van der Waals surface area contributed by atoms with Crippen molar-refractivity contribution < 1.29 is 14.4 Å². The standard InChI is InChI=1S/C22H25BrN4O3/c1-3-11-24-30-22(28)25-21-12-16(2)27(26-21)14-18-13-19(23)9-10-20(18)29-15-17-7-5-4-6-8-17/h4-10,12-13,24H,3,11,14-15H2,1-2H3,(H,25,26,28). The molecular weight excluding hydrogens is 448 g/mol. The molecule has 0 aliphatic carbocycles. The van der Waals surface area contributed by atoms with Crippen LogP contribution in [0.4, 0.5) is 10.6 Å². The number of aromatic nitrogens is 2. The maximum atomic E-state index is 11.8. The molecular formula is C22H25BrN4O3. The number of hydrogen-bond donors (Lipinski definition) is 2. The smallest absolute Gasteiger partial charge is 0.431 e. The number of halogens is 1. The summed E-state index contributed by atoms with van der Waals surface area (Å²) < 4.78 is 8.83. The first-order valence-corrected chi connectivity index (χ1v) is 10.5. The molecule has 1 aromatic heterocycles. The van der Waals surface area contributed by atoms with E-state index >= 15 is 0 Å². The lowest BCUT2D eigenvalue weighted by molar-refractivity contribution is 0.103. The van der Waals surface area contributed by atoms with Crippen molar-refractivity contribution in [1.82, 2.24) is 15.3 Å². The summed E-state index contributed by atoms with van der Waals surface area (Å²) in [6.07, 6.45) is 0.268. The third-order valence-electron chi connectivity index (χ3n) is 4.31. The van der Waals surface area contributed by atoms with E-state index in [1.807, 2.05) is 67.1 Å². The Morgan fingerprint density at radius 1 is 1.17 bits per heavy atom. The van der Waals surface area contributed by atoms with E-state index in [1.54, 1.807) is 6.07 Å². The molecule has 1 amide bonds. The molecule has 0 saturated heterocycles. The van der Waals surface area contributed by atoms with Crippen molar-refractivity contribution in [3.8, 4) is 5.75 Å². The van der Waals surface area contributed by atoms with E-state index < -0.39 is 6.09 Å². The van der Waals surface area contributed by atoms with E-state index in [0.717, 1.165) is 33.5 Å². The molecule has 0 saturated carbocycles. The second-order valence-electron chi connectivity index (χ2n) is 6.76. The zero-order valence-corrected chi connectivity index (χ0v) is 18.6. The first kappa shape index (κ1) is 21.9. The molecule has 2 N–H and O–H groups in total. The number of amides is 1. The zero-order valence-electron chi connectivity index (χ0n) is 17.0. The highest BCUT2D eigenvalue weighted by atomic mass is 79.9. The molecule has 3 rings (SSSR count). The Morgan fingerprint density at radius 2 is 1.97 bits per heavy atom. The molecule has 0 aliphatic rings. The van der Waals surface area contributed by atoms with Gasteiger partial charge in [0.15, 0.2) is 5.82 Å². The van der Waals surface area contributed by atoms with Crippen LogP contribution >= 0.6 is 15.9 Å². The number of ether oxygens (including phenoxy) is 1. The van der Waals surface area contributed by atoms with Gasteiger partial charge in [-0.1, -0.05) is 53.2 Å². The molecule has 3 aromatic rings. The van der Waals surface area contributed by atoms with Crippen LogP contribution in [0.2, 0.25) is 0 Å². The molecule has 0 fully saturated rings. The maximum absolute atomic E-state index is 11.8. The summed E-state index contributed by atoms with van der Waals surface area (Å²) in [5.74, 6) is 1.21. The number of hydrogen-bond acceptors (Lipinski definition) is 5. The zero-order chi connectivity index (χ0) is 21.3. The predicted molar refractivity (Wildman–Crippen MR) is 119 cm³/mol. The molecule has 1 heterocycles. The number of nitrogens with one attached hydrogen (secondary N) is 2. The number of hydroxylamine groups is 1. The maximum Gasteiger partial charge on any atom is 0.431 e. The first-order valence-electron chi connectivity index (χ1n) is 9.75. The monoisotopic (exact) mass is 472 g/mol.